The minimum Gasteiger partial charge on any atom is -0.379 e. The number of ether oxygens (including phenoxy) is 1. The van der Waals surface area contributed by atoms with Crippen molar-refractivity contribution in [1.82, 2.24) is 14.9 Å². The van der Waals surface area contributed by atoms with E-state index in [4.69, 9.17) is 14.7 Å². The number of nitrogens with zero attached hydrogens (tertiary/aromatic N) is 4. The van der Waals surface area contributed by atoms with E-state index in [0.717, 1.165) is 63.6 Å². The normalized spacial score (nSPS) is 22.3. The van der Waals surface area contributed by atoms with Gasteiger partial charge in [-0.2, -0.15) is 0 Å². The molecule has 2 saturated heterocycles. The van der Waals surface area contributed by atoms with Gasteiger partial charge in [0.05, 0.1) is 25.1 Å². The van der Waals surface area contributed by atoms with Crippen LogP contribution in [0.15, 0.2) is 30.3 Å². The average Bonchev–Trinajstić information content (AvgIpc) is 3.22. The number of piperidine rings is 1. The van der Waals surface area contributed by atoms with Crippen LogP contribution in [0.2, 0.25) is 0 Å². The Bertz CT molecular complexity index is 1120. The first kappa shape index (κ1) is 22.4. The largest absolute Gasteiger partial charge is 0.379 e. The van der Waals surface area contributed by atoms with E-state index >= 15 is 0 Å². The number of hydrogen-bond donors (Lipinski definition) is 0. The highest BCUT2D eigenvalue weighted by Gasteiger charge is 2.28. The lowest BCUT2D eigenvalue weighted by Crippen LogP contribution is -2.37. The molecule has 5 nitrogen and oxygen atoms in total. The van der Waals surface area contributed by atoms with Crippen molar-refractivity contribution in [3.8, 4) is 0 Å². The molecule has 0 spiro atoms. The van der Waals surface area contributed by atoms with Crippen LogP contribution in [-0.2, 0) is 30.5 Å². The summed E-state index contributed by atoms with van der Waals surface area (Å²) in [5, 5.41) is 1.37. The summed E-state index contributed by atoms with van der Waals surface area (Å²) in [7, 11) is 0. The lowest BCUT2D eigenvalue weighted by atomic mass is 9.88. The number of rotatable bonds is 5. The zero-order valence-electron chi connectivity index (χ0n) is 20.3. The third-order valence-electron chi connectivity index (χ3n) is 7.93. The Hall–Kier alpha value is -2.02. The topological polar surface area (TPSA) is 41.5 Å². The highest BCUT2D eigenvalue weighted by Crippen LogP contribution is 2.42. The Morgan fingerprint density at radius 1 is 1.00 bits per heavy atom. The SMILES string of the molecule is CC1CCc2c(sc3nc(CN4CCOCC4)nc(N4CCC(Cc5ccccc5)CC4)c23)C1. The van der Waals surface area contributed by atoms with Gasteiger partial charge in [-0.3, -0.25) is 4.90 Å². The Kier molecular flexibility index (Phi) is 6.55. The molecular weight excluding hydrogens is 440 g/mol. The van der Waals surface area contributed by atoms with Crippen LogP contribution in [0.25, 0.3) is 10.2 Å². The summed E-state index contributed by atoms with van der Waals surface area (Å²) in [6.45, 7) is 8.99. The molecule has 1 aromatic carbocycles. The number of thiophene rings is 1. The van der Waals surface area contributed by atoms with Gasteiger partial charge in [0.1, 0.15) is 16.5 Å². The first-order valence-corrected chi connectivity index (χ1v) is 13.9. The van der Waals surface area contributed by atoms with Gasteiger partial charge in [-0.05, 0) is 61.5 Å². The Morgan fingerprint density at radius 2 is 1.79 bits per heavy atom. The van der Waals surface area contributed by atoms with E-state index < -0.39 is 0 Å². The number of morpholine rings is 1. The highest BCUT2D eigenvalue weighted by molar-refractivity contribution is 7.19. The van der Waals surface area contributed by atoms with Crippen LogP contribution in [0.1, 0.15) is 48.0 Å². The Morgan fingerprint density at radius 3 is 2.59 bits per heavy atom. The molecule has 6 heteroatoms. The summed E-state index contributed by atoms with van der Waals surface area (Å²) < 4.78 is 5.56. The molecule has 0 bridgehead atoms. The summed E-state index contributed by atoms with van der Waals surface area (Å²) in [6, 6.07) is 11.0. The van der Waals surface area contributed by atoms with Crippen LogP contribution in [-0.4, -0.2) is 54.3 Å². The average molecular weight is 477 g/mol. The molecule has 2 fully saturated rings. The zero-order chi connectivity index (χ0) is 22.9. The van der Waals surface area contributed by atoms with E-state index in [1.807, 2.05) is 11.3 Å². The molecule has 0 saturated carbocycles. The standard InChI is InChI=1S/C28H36N4OS/c1-20-7-8-23-24(17-20)34-28-26(23)27(29-25(30-28)19-31-13-15-33-16-14-31)32-11-9-22(10-12-32)18-21-5-3-2-4-6-21/h2-6,20,22H,7-19H2,1H3. The number of anilines is 1. The molecule has 1 unspecified atom stereocenters. The first-order valence-electron chi connectivity index (χ1n) is 13.1. The summed E-state index contributed by atoms with van der Waals surface area (Å²) in [4.78, 5) is 18.2. The van der Waals surface area contributed by atoms with Crippen molar-refractivity contribution < 1.29 is 4.74 Å². The lowest BCUT2D eigenvalue weighted by Gasteiger charge is -2.34. The minimum absolute atomic E-state index is 0.765. The molecule has 2 aromatic heterocycles. The highest BCUT2D eigenvalue weighted by atomic mass is 32.1. The summed E-state index contributed by atoms with van der Waals surface area (Å²) in [5.74, 6) is 3.75. The van der Waals surface area contributed by atoms with Crippen molar-refractivity contribution >= 4 is 27.4 Å². The lowest BCUT2D eigenvalue weighted by molar-refractivity contribution is 0.0331. The molecular formula is C28H36N4OS. The van der Waals surface area contributed by atoms with Crippen LogP contribution in [0.3, 0.4) is 0 Å². The van der Waals surface area contributed by atoms with Gasteiger partial charge in [0, 0.05) is 31.1 Å². The van der Waals surface area contributed by atoms with E-state index in [1.54, 1.807) is 10.4 Å². The second-order valence-electron chi connectivity index (χ2n) is 10.5. The summed E-state index contributed by atoms with van der Waals surface area (Å²) >= 11 is 1.94. The number of hydrogen-bond acceptors (Lipinski definition) is 6. The predicted molar refractivity (Wildman–Crippen MR) is 140 cm³/mol. The maximum Gasteiger partial charge on any atom is 0.146 e. The molecule has 34 heavy (non-hydrogen) atoms. The van der Waals surface area contributed by atoms with E-state index in [1.165, 1.54) is 60.1 Å². The molecule has 3 aliphatic rings. The zero-order valence-corrected chi connectivity index (χ0v) is 21.2. The van der Waals surface area contributed by atoms with Crippen molar-refractivity contribution in [2.24, 2.45) is 11.8 Å². The smallest absolute Gasteiger partial charge is 0.146 e. The van der Waals surface area contributed by atoms with Gasteiger partial charge in [0.15, 0.2) is 0 Å². The molecule has 4 heterocycles. The van der Waals surface area contributed by atoms with Gasteiger partial charge in [0.25, 0.3) is 0 Å². The fourth-order valence-corrected chi connectivity index (χ4v) is 7.32. The molecule has 1 aliphatic carbocycles. The molecule has 0 N–H and O–H groups in total. The van der Waals surface area contributed by atoms with Crippen molar-refractivity contribution in [2.75, 3.05) is 44.3 Å². The third-order valence-corrected chi connectivity index (χ3v) is 9.08. The fourth-order valence-electron chi connectivity index (χ4n) is 5.92. The third kappa shape index (κ3) is 4.73. The molecule has 6 rings (SSSR count). The second-order valence-corrected chi connectivity index (χ2v) is 11.6. The van der Waals surface area contributed by atoms with Gasteiger partial charge in [0.2, 0.25) is 0 Å². The molecule has 2 aliphatic heterocycles. The van der Waals surface area contributed by atoms with Gasteiger partial charge in [-0.15, -0.1) is 11.3 Å². The van der Waals surface area contributed by atoms with Crippen LogP contribution >= 0.6 is 11.3 Å². The number of aryl methyl sites for hydroxylation is 1. The Balaban J connectivity index is 1.28. The van der Waals surface area contributed by atoms with E-state index in [2.05, 4.69) is 47.1 Å². The minimum atomic E-state index is 0.765. The Labute approximate surface area is 207 Å². The monoisotopic (exact) mass is 476 g/mol. The molecule has 0 radical (unpaired) electrons. The first-order chi connectivity index (χ1) is 16.7. The van der Waals surface area contributed by atoms with Crippen molar-refractivity contribution in [3.05, 3.63) is 52.2 Å². The molecule has 3 aromatic rings. The van der Waals surface area contributed by atoms with Crippen LogP contribution in [0.4, 0.5) is 5.82 Å². The van der Waals surface area contributed by atoms with Gasteiger partial charge in [-0.1, -0.05) is 37.3 Å². The second kappa shape index (κ2) is 9.92. The summed E-state index contributed by atoms with van der Waals surface area (Å²) in [5.41, 5.74) is 3.02. The van der Waals surface area contributed by atoms with E-state index in [9.17, 15) is 0 Å². The van der Waals surface area contributed by atoms with Crippen molar-refractivity contribution in [1.29, 1.82) is 0 Å². The van der Waals surface area contributed by atoms with Gasteiger partial charge < -0.3 is 9.64 Å². The predicted octanol–water partition coefficient (Wildman–Crippen LogP) is 5.11. The molecule has 180 valence electrons. The molecule has 1 atom stereocenters. The van der Waals surface area contributed by atoms with E-state index in [-0.39, 0.29) is 0 Å². The molecule has 0 amide bonds. The van der Waals surface area contributed by atoms with Gasteiger partial charge >= 0.3 is 0 Å². The van der Waals surface area contributed by atoms with Crippen molar-refractivity contribution in [3.63, 3.8) is 0 Å². The maximum atomic E-state index is 5.56. The van der Waals surface area contributed by atoms with Gasteiger partial charge in [-0.25, -0.2) is 9.97 Å². The quantitative estimate of drug-likeness (QED) is 0.512. The van der Waals surface area contributed by atoms with E-state index in [0.29, 0.717) is 0 Å². The van der Waals surface area contributed by atoms with Crippen LogP contribution < -0.4 is 4.90 Å². The summed E-state index contributed by atoms with van der Waals surface area (Å²) in [6.07, 6.45) is 7.34. The maximum absolute atomic E-state index is 5.56. The number of benzene rings is 1. The number of aromatic nitrogens is 2. The van der Waals surface area contributed by atoms with Crippen LogP contribution in [0, 0.1) is 11.8 Å². The fraction of sp³-hybridized carbons (Fsp3) is 0.571. The number of fused-ring (bicyclic) bond motifs is 3. The van der Waals surface area contributed by atoms with Crippen LogP contribution in [0.5, 0.6) is 0 Å². The van der Waals surface area contributed by atoms with Crippen molar-refractivity contribution in [2.45, 2.75) is 52.0 Å².